The number of benzene rings is 1. The zero-order chi connectivity index (χ0) is 22.0. The predicted octanol–water partition coefficient (Wildman–Crippen LogP) is 5.38. The number of fused-ring (bicyclic) bond motifs is 1. The van der Waals surface area contributed by atoms with Gasteiger partial charge in [-0.25, -0.2) is 4.98 Å². The van der Waals surface area contributed by atoms with Crippen LogP contribution in [0.5, 0.6) is 11.5 Å². The molecule has 31 heavy (non-hydrogen) atoms. The average molecular weight is 417 g/mol. The van der Waals surface area contributed by atoms with E-state index in [0.29, 0.717) is 34.7 Å². The van der Waals surface area contributed by atoms with Crippen LogP contribution in [0.4, 0.5) is 0 Å². The Labute approximate surface area is 182 Å². The number of nitrogens with zero attached hydrogens (tertiary/aromatic N) is 2. The summed E-state index contributed by atoms with van der Waals surface area (Å²) < 4.78 is 12.3. The largest absolute Gasteiger partial charge is 0.493 e. The minimum atomic E-state index is -0.112. The minimum Gasteiger partial charge on any atom is -0.493 e. The molecule has 1 aliphatic rings. The Morgan fingerprint density at radius 2 is 1.84 bits per heavy atom. The average Bonchev–Trinajstić information content (AvgIpc) is 2.99. The second kappa shape index (κ2) is 8.80. The summed E-state index contributed by atoms with van der Waals surface area (Å²) in [5.41, 5.74) is 4.24. The fourth-order valence-electron chi connectivity index (χ4n) is 4.21. The Bertz CT molecular complexity index is 1210. The molecule has 5 nitrogen and oxygen atoms in total. The van der Waals surface area contributed by atoms with Crippen molar-refractivity contribution in [1.29, 1.82) is 0 Å². The molecule has 0 spiro atoms. The summed E-state index contributed by atoms with van der Waals surface area (Å²) in [6.45, 7) is 6.24. The van der Waals surface area contributed by atoms with Gasteiger partial charge >= 0.3 is 0 Å². The van der Waals surface area contributed by atoms with Gasteiger partial charge in [-0.05, 0) is 72.6 Å². The Morgan fingerprint density at radius 1 is 1.06 bits per heavy atom. The highest BCUT2D eigenvalue weighted by Crippen LogP contribution is 2.33. The monoisotopic (exact) mass is 416 g/mol. The van der Waals surface area contributed by atoms with E-state index in [9.17, 15) is 4.79 Å². The first-order valence-corrected chi connectivity index (χ1v) is 10.6. The third-order valence-corrected chi connectivity index (χ3v) is 6.00. The van der Waals surface area contributed by atoms with E-state index in [1.54, 1.807) is 24.7 Å². The summed E-state index contributed by atoms with van der Waals surface area (Å²) in [4.78, 5) is 17.7. The standard InChI is InChI=1S/C26H28N2O3/c1-5-18-7-6-17(2)12-21(13-18)20-9-11-25-27-22(15-26(29)28(25)16-20)19-8-10-23(30-3)24(14-19)31-4/h5,8-12,14-18H,1,6-7,13H2,2-4H3. The highest BCUT2D eigenvalue weighted by molar-refractivity contribution is 5.69. The fourth-order valence-corrected chi connectivity index (χ4v) is 4.21. The Balaban J connectivity index is 1.75. The number of methoxy groups -OCH3 is 2. The first kappa shape index (κ1) is 20.9. The zero-order valence-corrected chi connectivity index (χ0v) is 18.3. The molecule has 160 valence electrons. The highest BCUT2D eigenvalue weighted by atomic mass is 16.5. The van der Waals surface area contributed by atoms with Gasteiger partial charge < -0.3 is 9.47 Å². The van der Waals surface area contributed by atoms with Gasteiger partial charge in [-0.15, -0.1) is 6.58 Å². The van der Waals surface area contributed by atoms with Crippen LogP contribution in [0.2, 0.25) is 0 Å². The minimum absolute atomic E-state index is 0.112. The third-order valence-electron chi connectivity index (χ3n) is 6.00. The molecule has 5 heteroatoms. The molecule has 2 heterocycles. The molecule has 0 saturated carbocycles. The van der Waals surface area contributed by atoms with E-state index in [1.807, 2.05) is 30.5 Å². The first-order chi connectivity index (χ1) is 15.0. The van der Waals surface area contributed by atoms with Crippen molar-refractivity contribution < 1.29 is 9.47 Å². The van der Waals surface area contributed by atoms with Crippen LogP contribution < -0.4 is 15.0 Å². The van der Waals surface area contributed by atoms with Crippen molar-refractivity contribution in [2.75, 3.05) is 14.2 Å². The molecule has 0 bridgehead atoms. The molecule has 0 fully saturated rings. The van der Waals surface area contributed by atoms with Gasteiger partial charge in [0.25, 0.3) is 5.56 Å². The Morgan fingerprint density at radius 3 is 2.58 bits per heavy atom. The molecule has 3 aromatic rings. The van der Waals surface area contributed by atoms with Crippen molar-refractivity contribution in [3.8, 4) is 22.8 Å². The van der Waals surface area contributed by atoms with E-state index in [-0.39, 0.29) is 5.56 Å². The third kappa shape index (κ3) is 4.26. The molecule has 0 saturated heterocycles. The van der Waals surface area contributed by atoms with Crippen LogP contribution in [0.25, 0.3) is 22.5 Å². The zero-order valence-electron chi connectivity index (χ0n) is 18.3. The topological polar surface area (TPSA) is 52.8 Å². The van der Waals surface area contributed by atoms with Crippen LogP contribution in [0.1, 0.15) is 31.7 Å². The summed E-state index contributed by atoms with van der Waals surface area (Å²) >= 11 is 0. The van der Waals surface area contributed by atoms with Crippen LogP contribution in [0.15, 0.2) is 66.1 Å². The molecule has 0 aliphatic heterocycles. The second-order valence-corrected chi connectivity index (χ2v) is 8.14. The molecule has 2 unspecified atom stereocenters. The summed E-state index contributed by atoms with van der Waals surface area (Å²) in [7, 11) is 3.18. The number of rotatable bonds is 5. The van der Waals surface area contributed by atoms with Crippen molar-refractivity contribution in [2.45, 2.75) is 26.2 Å². The van der Waals surface area contributed by atoms with Crippen molar-refractivity contribution >= 4 is 11.2 Å². The van der Waals surface area contributed by atoms with Gasteiger partial charge in [-0.1, -0.05) is 19.1 Å². The molecule has 0 radical (unpaired) electrons. The van der Waals surface area contributed by atoms with Gasteiger partial charge in [0.15, 0.2) is 11.5 Å². The molecular weight excluding hydrogens is 388 g/mol. The lowest BCUT2D eigenvalue weighted by Gasteiger charge is -2.13. The van der Waals surface area contributed by atoms with Crippen LogP contribution in [-0.2, 0) is 0 Å². The number of hydrogen-bond acceptors (Lipinski definition) is 4. The predicted molar refractivity (Wildman–Crippen MR) is 125 cm³/mol. The summed E-state index contributed by atoms with van der Waals surface area (Å²) in [5, 5.41) is 0. The van der Waals surface area contributed by atoms with Gasteiger partial charge in [0, 0.05) is 17.8 Å². The van der Waals surface area contributed by atoms with Crippen LogP contribution in [0, 0.1) is 11.8 Å². The number of ether oxygens (including phenoxy) is 2. The van der Waals surface area contributed by atoms with Crippen molar-refractivity contribution in [3.05, 3.63) is 77.2 Å². The second-order valence-electron chi connectivity index (χ2n) is 8.14. The van der Waals surface area contributed by atoms with Gasteiger partial charge in [-0.3, -0.25) is 9.20 Å². The SMILES string of the molecule is C=CC1CCC(C)C=C(c2ccc3nc(-c4ccc(OC)c(OC)c4)cc(=O)n3c2)C1. The van der Waals surface area contributed by atoms with E-state index in [1.165, 1.54) is 5.57 Å². The molecule has 1 aliphatic carbocycles. The van der Waals surface area contributed by atoms with E-state index in [4.69, 9.17) is 14.5 Å². The number of pyridine rings is 1. The molecule has 0 N–H and O–H groups in total. The molecule has 2 aromatic heterocycles. The number of allylic oxidation sites excluding steroid dienone is 3. The Hall–Kier alpha value is -3.34. The number of hydrogen-bond donors (Lipinski definition) is 0. The fraction of sp³-hybridized carbons (Fsp3) is 0.308. The van der Waals surface area contributed by atoms with Crippen LogP contribution >= 0.6 is 0 Å². The summed E-state index contributed by atoms with van der Waals surface area (Å²) in [6, 6.07) is 11.1. The number of aromatic nitrogens is 2. The van der Waals surface area contributed by atoms with Crippen molar-refractivity contribution in [2.24, 2.45) is 11.8 Å². The highest BCUT2D eigenvalue weighted by Gasteiger charge is 2.17. The lowest BCUT2D eigenvalue weighted by molar-refractivity contribution is 0.355. The Kier molecular flexibility index (Phi) is 5.94. The van der Waals surface area contributed by atoms with Crippen molar-refractivity contribution in [3.63, 3.8) is 0 Å². The van der Waals surface area contributed by atoms with Crippen LogP contribution in [-0.4, -0.2) is 23.6 Å². The van der Waals surface area contributed by atoms with E-state index in [0.717, 1.165) is 30.4 Å². The molecular formula is C26H28N2O3. The molecule has 0 amide bonds. The van der Waals surface area contributed by atoms with E-state index >= 15 is 0 Å². The molecule has 2 atom stereocenters. The molecule has 4 rings (SSSR count). The van der Waals surface area contributed by atoms with Gasteiger partial charge in [-0.2, -0.15) is 0 Å². The van der Waals surface area contributed by atoms with Gasteiger partial charge in [0.1, 0.15) is 5.65 Å². The maximum atomic E-state index is 13.0. The molecule has 1 aromatic carbocycles. The van der Waals surface area contributed by atoms with Crippen molar-refractivity contribution in [1.82, 2.24) is 9.38 Å². The van der Waals surface area contributed by atoms with Gasteiger partial charge in [0.2, 0.25) is 0 Å². The van der Waals surface area contributed by atoms with Gasteiger partial charge in [0.05, 0.1) is 19.9 Å². The van der Waals surface area contributed by atoms with E-state index in [2.05, 4.69) is 31.7 Å². The lowest BCUT2D eigenvalue weighted by atomic mass is 9.94. The maximum absolute atomic E-state index is 13.0. The first-order valence-electron chi connectivity index (χ1n) is 10.6. The van der Waals surface area contributed by atoms with Crippen LogP contribution in [0.3, 0.4) is 0 Å². The maximum Gasteiger partial charge on any atom is 0.258 e. The summed E-state index contributed by atoms with van der Waals surface area (Å²) in [5.74, 6) is 2.22. The summed E-state index contributed by atoms with van der Waals surface area (Å²) in [6.07, 6.45) is 9.55. The smallest absolute Gasteiger partial charge is 0.258 e. The normalized spacial score (nSPS) is 18.9. The quantitative estimate of drug-likeness (QED) is 0.524. The van der Waals surface area contributed by atoms with E-state index < -0.39 is 0 Å². The lowest BCUT2D eigenvalue weighted by Crippen LogP contribution is -2.15.